The molecule has 4 nitrogen and oxygen atoms in total. The number of fused-ring (bicyclic) bond motifs is 2. The van der Waals surface area contributed by atoms with Crippen molar-refractivity contribution in [3.63, 3.8) is 0 Å². The number of aromatic hydroxyl groups is 2. The summed E-state index contributed by atoms with van der Waals surface area (Å²) >= 11 is 24.8. The third-order valence-electron chi connectivity index (χ3n) is 4.14. The number of halogens is 4. The summed E-state index contributed by atoms with van der Waals surface area (Å²) in [5.74, 6) is 0.419. The minimum atomic E-state index is -0.219. The van der Waals surface area contributed by atoms with Gasteiger partial charge in [0.2, 0.25) is 0 Å². The highest BCUT2D eigenvalue weighted by atomic mass is 35.5. The van der Waals surface area contributed by atoms with Gasteiger partial charge in [0.15, 0.2) is 34.5 Å². The van der Waals surface area contributed by atoms with Gasteiger partial charge >= 0.3 is 0 Å². The lowest BCUT2D eigenvalue weighted by Gasteiger charge is -2.28. The number of benzene rings is 2. The van der Waals surface area contributed by atoms with E-state index < -0.39 is 0 Å². The summed E-state index contributed by atoms with van der Waals surface area (Å²) in [4.78, 5) is 0. The fourth-order valence-electron chi connectivity index (χ4n) is 2.93. The first-order valence-corrected chi connectivity index (χ1v) is 9.65. The van der Waals surface area contributed by atoms with Crippen LogP contribution in [0.25, 0.3) is 0 Å². The molecule has 0 fully saturated rings. The number of rotatable bonds is 4. The van der Waals surface area contributed by atoms with Crippen molar-refractivity contribution < 1.29 is 19.7 Å². The van der Waals surface area contributed by atoms with Gasteiger partial charge in [-0.25, -0.2) is 0 Å². The van der Waals surface area contributed by atoms with Crippen LogP contribution in [-0.4, -0.2) is 10.2 Å². The molecule has 26 heavy (non-hydrogen) atoms. The highest BCUT2D eigenvalue weighted by molar-refractivity contribution is 6.53. The van der Waals surface area contributed by atoms with E-state index in [1.54, 1.807) is 0 Å². The predicted octanol–water partition coefficient (Wildman–Crippen LogP) is 7.51. The maximum Gasteiger partial charge on any atom is 0.191 e. The molecule has 8 heteroatoms. The van der Waals surface area contributed by atoms with E-state index >= 15 is 0 Å². The molecule has 0 atom stereocenters. The van der Waals surface area contributed by atoms with Crippen molar-refractivity contribution in [1.82, 2.24) is 0 Å². The molecule has 0 bridgehead atoms. The lowest BCUT2D eigenvalue weighted by molar-refractivity contribution is 0.335. The number of ether oxygens (including phenoxy) is 2. The van der Waals surface area contributed by atoms with Crippen LogP contribution < -0.4 is 9.47 Å². The Morgan fingerprint density at radius 2 is 0.962 bits per heavy atom. The molecule has 0 aromatic heterocycles. The van der Waals surface area contributed by atoms with Crippen molar-refractivity contribution in [2.45, 2.75) is 39.5 Å². The molecule has 3 rings (SSSR count). The van der Waals surface area contributed by atoms with Crippen LogP contribution >= 0.6 is 46.4 Å². The zero-order valence-corrected chi connectivity index (χ0v) is 17.1. The van der Waals surface area contributed by atoms with Gasteiger partial charge in [0.05, 0.1) is 10.0 Å². The summed E-state index contributed by atoms with van der Waals surface area (Å²) in [6.07, 6.45) is 2.39. The summed E-state index contributed by atoms with van der Waals surface area (Å²) < 4.78 is 12.0. The van der Waals surface area contributed by atoms with Gasteiger partial charge in [0.1, 0.15) is 10.0 Å². The standard InChI is InChI=1S/C18H16Cl4O4/c1-3-5-7-13(23)14(24)8(6-4-2)16-15(7)25-17-11(21)9(19)10(20)12(22)18(17)26-16/h23-24H,3-6H2,1-2H3. The molecular formula is C18H16Cl4O4. The van der Waals surface area contributed by atoms with Crippen LogP contribution in [-0.2, 0) is 12.8 Å². The summed E-state index contributed by atoms with van der Waals surface area (Å²) in [5.41, 5.74) is 0.868. The van der Waals surface area contributed by atoms with Crippen LogP contribution in [0.5, 0.6) is 34.5 Å². The topological polar surface area (TPSA) is 58.9 Å². The van der Waals surface area contributed by atoms with E-state index in [0.29, 0.717) is 35.5 Å². The van der Waals surface area contributed by atoms with Crippen molar-refractivity contribution in [3.05, 3.63) is 31.2 Å². The molecule has 2 aromatic rings. The van der Waals surface area contributed by atoms with Crippen molar-refractivity contribution in [3.8, 4) is 34.5 Å². The summed E-state index contributed by atoms with van der Waals surface area (Å²) in [7, 11) is 0. The van der Waals surface area contributed by atoms with Gasteiger partial charge in [-0.2, -0.15) is 0 Å². The first kappa shape index (κ1) is 19.6. The SMILES string of the molecule is CCCc1c(O)c(O)c(CCC)c2c1Oc1c(Cl)c(Cl)c(Cl)c(Cl)c1O2. The second-order valence-electron chi connectivity index (χ2n) is 5.93. The molecule has 0 unspecified atom stereocenters. The lowest BCUT2D eigenvalue weighted by Crippen LogP contribution is -2.07. The van der Waals surface area contributed by atoms with Crippen LogP contribution in [0.4, 0.5) is 0 Å². The smallest absolute Gasteiger partial charge is 0.191 e. The second kappa shape index (κ2) is 7.43. The van der Waals surface area contributed by atoms with Crippen molar-refractivity contribution >= 4 is 46.4 Å². The van der Waals surface area contributed by atoms with E-state index in [1.807, 2.05) is 13.8 Å². The van der Waals surface area contributed by atoms with E-state index in [9.17, 15) is 10.2 Å². The minimum absolute atomic E-state index is 0.0537. The maximum atomic E-state index is 10.5. The number of phenols is 2. The zero-order valence-electron chi connectivity index (χ0n) is 14.1. The molecule has 1 heterocycles. The van der Waals surface area contributed by atoms with Crippen LogP contribution in [0.15, 0.2) is 0 Å². The molecule has 1 aliphatic heterocycles. The van der Waals surface area contributed by atoms with Crippen molar-refractivity contribution in [2.75, 3.05) is 0 Å². The summed E-state index contributed by atoms with van der Waals surface area (Å²) in [6.45, 7) is 3.89. The van der Waals surface area contributed by atoms with Gasteiger partial charge < -0.3 is 19.7 Å². The van der Waals surface area contributed by atoms with Crippen molar-refractivity contribution in [1.29, 1.82) is 0 Å². The predicted molar refractivity (Wildman–Crippen MR) is 104 cm³/mol. The quantitative estimate of drug-likeness (QED) is 0.251. The van der Waals surface area contributed by atoms with Gasteiger partial charge in [0, 0.05) is 11.1 Å². The molecular weight excluding hydrogens is 422 g/mol. The molecule has 140 valence electrons. The molecule has 1 aliphatic rings. The highest BCUT2D eigenvalue weighted by Crippen LogP contribution is 2.60. The Hall–Kier alpha value is -1.20. The van der Waals surface area contributed by atoms with Crippen LogP contribution in [0.2, 0.25) is 20.1 Å². The van der Waals surface area contributed by atoms with Gasteiger partial charge in [0.25, 0.3) is 0 Å². The number of phenolic OH excluding ortho intramolecular Hbond substituents is 2. The molecule has 2 aromatic carbocycles. The Kier molecular flexibility index (Phi) is 5.59. The maximum absolute atomic E-state index is 10.5. The van der Waals surface area contributed by atoms with Crippen molar-refractivity contribution in [2.24, 2.45) is 0 Å². The first-order valence-electron chi connectivity index (χ1n) is 8.14. The fourth-order valence-corrected chi connectivity index (χ4v) is 3.83. The highest BCUT2D eigenvalue weighted by Gasteiger charge is 2.34. The average molecular weight is 438 g/mol. The molecule has 0 spiro atoms. The number of hydrogen-bond donors (Lipinski definition) is 2. The zero-order chi connectivity index (χ0) is 19.2. The van der Waals surface area contributed by atoms with Gasteiger partial charge in [-0.15, -0.1) is 0 Å². The van der Waals surface area contributed by atoms with E-state index in [4.69, 9.17) is 55.9 Å². The molecule has 0 aliphatic carbocycles. The Morgan fingerprint density at radius 1 is 0.615 bits per heavy atom. The molecule has 0 saturated heterocycles. The summed E-state index contributed by atoms with van der Waals surface area (Å²) in [6, 6.07) is 0. The largest absolute Gasteiger partial charge is 0.504 e. The lowest BCUT2D eigenvalue weighted by atomic mass is 9.98. The van der Waals surface area contributed by atoms with Crippen LogP contribution in [0, 0.1) is 0 Å². The monoisotopic (exact) mass is 436 g/mol. The van der Waals surface area contributed by atoms with E-state index in [-0.39, 0.29) is 43.1 Å². The van der Waals surface area contributed by atoms with Crippen LogP contribution in [0.3, 0.4) is 0 Å². The Morgan fingerprint density at radius 3 is 1.27 bits per heavy atom. The summed E-state index contributed by atoms with van der Waals surface area (Å²) in [5, 5.41) is 21.2. The number of hydrogen-bond acceptors (Lipinski definition) is 4. The van der Waals surface area contributed by atoms with E-state index in [1.165, 1.54) is 0 Å². The Balaban J connectivity index is 2.31. The third-order valence-corrected chi connectivity index (χ3v) is 5.91. The van der Waals surface area contributed by atoms with E-state index in [0.717, 1.165) is 12.8 Å². The van der Waals surface area contributed by atoms with Crippen LogP contribution in [0.1, 0.15) is 37.8 Å². The van der Waals surface area contributed by atoms with Gasteiger partial charge in [-0.1, -0.05) is 73.1 Å². The average Bonchev–Trinajstić information content (AvgIpc) is 2.64. The van der Waals surface area contributed by atoms with Gasteiger partial charge in [-0.3, -0.25) is 0 Å². The first-order chi connectivity index (χ1) is 12.3. The fraction of sp³-hybridized carbons (Fsp3) is 0.333. The van der Waals surface area contributed by atoms with E-state index in [2.05, 4.69) is 0 Å². The molecule has 0 radical (unpaired) electrons. The second-order valence-corrected chi connectivity index (χ2v) is 7.44. The normalized spacial score (nSPS) is 12.2. The molecule has 0 amide bonds. The Labute approximate surface area is 171 Å². The third kappa shape index (κ3) is 2.93. The Bertz CT molecular complexity index is 824. The van der Waals surface area contributed by atoms with Gasteiger partial charge in [-0.05, 0) is 12.8 Å². The molecule has 2 N–H and O–H groups in total. The molecule has 0 saturated carbocycles. The minimum Gasteiger partial charge on any atom is -0.504 e.